The van der Waals surface area contributed by atoms with Crippen molar-refractivity contribution in [3.63, 3.8) is 0 Å². The molecule has 1 aromatic heterocycles. The molecule has 2 amide bonds. The SMILES string of the molecule is O=C(Nc1cccc(-n2ccnn2)c1)N1CC[C@H](C2CCOCC2)C1. The van der Waals surface area contributed by atoms with E-state index in [2.05, 4.69) is 15.6 Å². The van der Waals surface area contributed by atoms with Crippen LogP contribution >= 0.6 is 0 Å². The molecule has 4 rings (SSSR count). The van der Waals surface area contributed by atoms with E-state index in [4.69, 9.17) is 4.74 Å². The first-order valence-corrected chi connectivity index (χ1v) is 8.90. The summed E-state index contributed by atoms with van der Waals surface area (Å²) in [6.07, 6.45) is 6.75. The highest BCUT2D eigenvalue weighted by Gasteiger charge is 2.32. The Morgan fingerprint density at radius 2 is 2.08 bits per heavy atom. The van der Waals surface area contributed by atoms with E-state index in [1.807, 2.05) is 29.2 Å². The first-order valence-electron chi connectivity index (χ1n) is 8.90. The molecule has 1 N–H and O–H groups in total. The van der Waals surface area contributed by atoms with Gasteiger partial charge in [0.1, 0.15) is 0 Å². The molecule has 0 radical (unpaired) electrons. The Morgan fingerprint density at radius 3 is 2.88 bits per heavy atom. The molecule has 0 spiro atoms. The van der Waals surface area contributed by atoms with Gasteiger partial charge in [0.2, 0.25) is 0 Å². The summed E-state index contributed by atoms with van der Waals surface area (Å²) in [6, 6.07) is 7.61. The van der Waals surface area contributed by atoms with Gasteiger partial charge in [-0.3, -0.25) is 0 Å². The number of carbonyl (C=O) groups excluding carboxylic acids is 1. The average molecular weight is 341 g/mol. The van der Waals surface area contributed by atoms with Gasteiger partial charge in [-0.1, -0.05) is 11.3 Å². The highest BCUT2D eigenvalue weighted by molar-refractivity contribution is 5.89. The van der Waals surface area contributed by atoms with Gasteiger partial charge >= 0.3 is 6.03 Å². The van der Waals surface area contributed by atoms with E-state index < -0.39 is 0 Å². The summed E-state index contributed by atoms with van der Waals surface area (Å²) in [5.74, 6) is 1.30. The van der Waals surface area contributed by atoms with Crippen molar-refractivity contribution in [1.29, 1.82) is 0 Å². The second kappa shape index (κ2) is 7.23. The van der Waals surface area contributed by atoms with E-state index in [0.29, 0.717) is 11.8 Å². The summed E-state index contributed by atoms with van der Waals surface area (Å²) in [4.78, 5) is 14.5. The van der Waals surface area contributed by atoms with Crippen LogP contribution in [0.1, 0.15) is 19.3 Å². The van der Waals surface area contributed by atoms with Crippen LogP contribution in [0.4, 0.5) is 10.5 Å². The van der Waals surface area contributed by atoms with Gasteiger partial charge in [0.05, 0.1) is 18.1 Å². The zero-order chi connectivity index (χ0) is 17.1. The van der Waals surface area contributed by atoms with Gasteiger partial charge in [-0.15, -0.1) is 5.10 Å². The lowest BCUT2D eigenvalue weighted by molar-refractivity contribution is 0.0485. The number of urea groups is 1. The van der Waals surface area contributed by atoms with Crippen LogP contribution in [0, 0.1) is 11.8 Å². The van der Waals surface area contributed by atoms with E-state index in [0.717, 1.165) is 56.9 Å². The predicted octanol–water partition coefficient (Wildman–Crippen LogP) is 2.55. The van der Waals surface area contributed by atoms with Gasteiger partial charge < -0.3 is 15.0 Å². The number of amides is 2. The Labute approximate surface area is 147 Å². The summed E-state index contributed by atoms with van der Waals surface area (Å²) in [7, 11) is 0. The van der Waals surface area contributed by atoms with Crippen molar-refractivity contribution in [3.8, 4) is 5.69 Å². The van der Waals surface area contributed by atoms with Gasteiger partial charge in [0.15, 0.2) is 0 Å². The maximum absolute atomic E-state index is 12.6. The summed E-state index contributed by atoms with van der Waals surface area (Å²) in [5.41, 5.74) is 1.64. The lowest BCUT2D eigenvalue weighted by Crippen LogP contribution is -2.34. The van der Waals surface area contributed by atoms with Crippen LogP contribution in [0.25, 0.3) is 5.69 Å². The molecule has 0 saturated carbocycles. The summed E-state index contributed by atoms with van der Waals surface area (Å²) < 4.78 is 7.12. The molecule has 0 unspecified atom stereocenters. The third-order valence-electron chi connectivity index (χ3n) is 5.23. The van der Waals surface area contributed by atoms with Crippen LogP contribution < -0.4 is 5.32 Å². The van der Waals surface area contributed by atoms with Crippen LogP contribution in [0.15, 0.2) is 36.7 Å². The highest BCUT2D eigenvalue weighted by atomic mass is 16.5. The lowest BCUT2D eigenvalue weighted by Gasteiger charge is -2.27. The molecule has 3 heterocycles. The summed E-state index contributed by atoms with van der Waals surface area (Å²) >= 11 is 0. The van der Waals surface area contributed by atoms with E-state index in [-0.39, 0.29) is 6.03 Å². The smallest absolute Gasteiger partial charge is 0.321 e. The van der Waals surface area contributed by atoms with Gasteiger partial charge in [0.25, 0.3) is 0 Å². The molecule has 0 bridgehead atoms. The molecule has 25 heavy (non-hydrogen) atoms. The monoisotopic (exact) mass is 341 g/mol. The molecule has 2 aliphatic heterocycles. The Balaban J connectivity index is 1.37. The predicted molar refractivity (Wildman–Crippen MR) is 93.6 cm³/mol. The Morgan fingerprint density at radius 1 is 1.20 bits per heavy atom. The molecule has 2 aromatic rings. The number of rotatable bonds is 3. The molecule has 0 aliphatic carbocycles. The third-order valence-corrected chi connectivity index (χ3v) is 5.23. The number of likely N-dealkylation sites (tertiary alicyclic amines) is 1. The Bertz CT molecular complexity index is 712. The van der Waals surface area contributed by atoms with Gasteiger partial charge in [-0.2, -0.15) is 0 Å². The number of aromatic nitrogens is 3. The third kappa shape index (κ3) is 3.66. The topological polar surface area (TPSA) is 72.3 Å². The molecule has 1 aromatic carbocycles. The second-order valence-corrected chi connectivity index (χ2v) is 6.77. The van der Waals surface area contributed by atoms with E-state index in [9.17, 15) is 4.79 Å². The number of ether oxygens (including phenoxy) is 1. The minimum Gasteiger partial charge on any atom is -0.381 e. The molecule has 7 nitrogen and oxygen atoms in total. The molecule has 2 fully saturated rings. The molecule has 132 valence electrons. The molecule has 1 atom stereocenters. The number of carbonyl (C=O) groups is 1. The van der Waals surface area contributed by atoms with E-state index in [1.165, 1.54) is 0 Å². The fourth-order valence-electron chi connectivity index (χ4n) is 3.82. The number of hydrogen-bond donors (Lipinski definition) is 1. The standard InChI is InChI=1S/C18H23N5O2/c24-18(22-8-4-15(13-22)14-5-10-25-11-6-14)20-16-2-1-3-17(12-16)23-9-7-19-21-23/h1-3,7,9,12,14-15H,4-6,8,10-11,13H2,(H,20,24)/t15-/m0/s1. The largest absolute Gasteiger partial charge is 0.381 e. The Hall–Kier alpha value is -2.41. The summed E-state index contributed by atoms with van der Waals surface area (Å²) in [5, 5.41) is 10.8. The summed E-state index contributed by atoms with van der Waals surface area (Å²) in [6.45, 7) is 3.40. The first-order chi connectivity index (χ1) is 12.3. The number of nitrogens with one attached hydrogen (secondary N) is 1. The maximum atomic E-state index is 12.6. The highest BCUT2D eigenvalue weighted by Crippen LogP contribution is 2.31. The van der Waals surface area contributed by atoms with Crippen LogP contribution in [-0.4, -0.2) is 52.2 Å². The van der Waals surface area contributed by atoms with E-state index in [1.54, 1.807) is 17.1 Å². The van der Waals surface area contributed by atoms with Gasteiger partial charge in [-0.25, -0.2) is 9.48 Å². The molecular formula is C18H23N5O2. The Kier molecular flexibility index (Phi) is 4.65. The van der Waals surface area contributed by atoms with Crippen molar-refractivity contribution in [2.75, 3.05) is 31.6 Å². The molecule has 7 heteroatoms. The molecule has 2 aliphatic rings. The molecule has 2 saturated heterocycles. The van der Waals surface area contributed by atoms with Crippen molar-refractivity contribution in [2.45, 2.75) is 19.3 Å². The number of benzene rings is 1. The minimum absolute atomic E-state index is 0.0229. The van der Waals surface area contributed by atoms with Crippen molar-refractivity contribution >= 4 is 11.7 Å². The maximum Gasteiger partial charge on any atom is 0.321 e. The number of anilines is 1. The zero-order valence-electron chi connectivity index (χ0n) is 14.2. The number of hydrogen-bond acceptors (Lipinski definition) is 4. The van der Waals surface area contributed by atoms with Crippen molar-refractivity contribution in [1.82, 2.24) is 19.9 Å². The van der Waals surface area contributed by atoms with Crippen LogP contribution in [0.3, 0.4) is 0 Å². The molecular weight excluding hydrogens is 318 g/mol. The first kappa shape index (κ1) is 16.1. The fraction of sp³-hybridized carbons (Fsp3) is 0.500. The zero-order valence-corrected chi connectivity index (χ0v) is 14.2. The van der Waals surface area contributed by atoms with Crippen LogP contribution in [0.5, 0.6) is 0 Å². The normalized spacial score (nSPS) is 21.4. The van der Waals surface area contributed by atoms with Crippen molar-refractivity contribution in [2.24, 2.45) is 11.8 Å². The van der Waals surface area contributed by atoms with Crippen molar-refractivity contribution in [3.05, 3.63) is 36.7 Å². The number of nitrogens with zero attached hydrogens (tertiary/aromatic N) is 4. The van der Waals surface area contributed by atoms with Crippen LogP contribution in [-0.2, 0) is 4.74 Å². The van der Waals surface area contributed by atoms with E-state index >= 15 is 0 Å². The minimum atomic E-state index is -0.0229. The van der Waals surface area contributed by atoms with Crippen LogP contribution in [0.2, 0.25) is 0 Å². The quantitative estimate of drug-likeness (QED) is 0.931. The van der Waals surface area contributed by atoms with Gasteiger partial charge in [0, 0.05) is 32.0 Å². The average Bonchev–Trinajstić information content (AvgIpc) is 3.35. The van der Waals surface area contributed by atoms with Gasteiger partial charge in [-0.05, 0) is 49.3 Å². The fourth-order valence-corrected chi connectivity index (χ4v) is 3.82. The second-order valence-electron chi connectivity index (χ2n) is 6.77. The lowest BCUT2D eigenvalue weighted by atomic mass is 9.85. The van der Waals surface area contributed by atoms with Crippen molar-refractivity contribution < 1.29 is 9.53 Å².